The van der Waals surface area contributed by atoms with Gasteiger partial charge in [0, 0.05) is 0 Å². The molecule has 84 valence electrons. The van der Waals surface area contributed by atoms with E-state index in [2.05, 4.69) is 10.4 Å². The summed E-state index contributed by atoms with van der Waals surface area (Å²) in [4.78, 5) is 5.42. The fourth-order valence-electron chi connectivity index (χ4n) is 1.11. The van der Waals surface area contributed by atoms with Gasteiger partial charge in [-0.15, -0.1) is 11.3 Å². The van der Waals surface area contributed by atoms with E-state index in [9.17, 15) is 0 Å². The molecule has 0 saturated heterocycles. The number of aliphatic imine (C=N–C) groups is 1. The van der Waals surface area contributed by atoms with Crippen molar-refractivity contribution in [2.45, 2.75) is 26.3 Å². The van der Waals surface area contributed by atoms with Gasteiger partial charge in [0.05, 0.1) is 12.6 Å². The maximum Gasteiger partial charge on any atom is 0.157 e. The first-order chi connectivity index (χ1) is 6.98. The average Bonchev–Trinajstić information content (AvgIpc) is 2.60. The van der Waals surface area contributed by atoms with Crippen molar-refractivity contribution >= 4 is 17.2 Å². The molecule has 15 heavy (non-hydrogen) atoms. The van der Waals surface area contributed by atoms with E-state index in [1.807, 2.05) is 32.2 Å². The minimum atomic E-state index is -0.170. The summed E-state index contributed by atoms with van der Waals surface area (Å²) in [6, 6.07) is 1.90. The van der Waals surface area contributed by atoms with E-state index in [0.29, 0.717) is 5.84 Å². The van der Waals surface area contributed by atoms with Gasteiger partial charge in [0.25, 0.3) is 0 Å². The van der Waals surface area contributed by atoms with E-state index in [0.717, 1.165) is 10.6 Å². The van der Waals surface area contributed by atoms with E-state index in [1.165, 1.54) is 0 Å². The molecule has 0 aliphatic heterocycles. The van der Waals surface area contributed by atoms with E-state index in [1.54, 1.807) is 18.4 Å². The molecule has 4 nitrogen and oxygen atoms in total. The molecule has 1 heterocycles. The second-order valence-electron chi connectivity index (χ2n) is 4.09. The number of rotatable bonds is 2. The molecule has 1 aromatic heterocycles. The number of thiophene rings is 1. The lowest BCUT2D eigenvalue weighted by Crippen LogP contribution is -2.33. The first-order valence-electron chi connectivity index (χ1n) is 4.66. The first-order valence-corrected chi connectivity index (χ1v) is 5.54. The minimum Gasteiger partial charge on any atom is -0.495 e. The Kier molecular flexibility index (Phi) is 3.71. The Morgan fingerprint density at radius 3 is 2.67 bits per heavy atom. The van der Waals surface area contributed by atoms with Crippen molar-refractivity contribution in [3.8, 4) is 5.75 Å². The third-order valence-electron chi connectivity index (χ3n) is 1.65. The van der Waals surface area contributed by atoms with Crippen LogP contribution in [-0.2, 0) is 0 Å². The van der Waals surface area contributed by atoms with Gasteiger partial charge in [0.1, 0.15) is 10.6 Å². The number of hydrogen-bond acceptors (Lipinski definition) is 4. The van der Waals surface area contributed by atoms with Crippen molar-refractivity contribution in [3.05, 3.63) is 16.3 Å². The lowest BCUT2D eigenvalue weighted by molar-refractivity contribution is 0.415. The van der Waals surface area contributed by atoms with Gasteiger partial charge in [-0.25, -0.2) is 5.84 Å². The van der Waals surface area contributed by atoms with Crippen LogP contribution in [-0.4, -0.2) is 18.5 Å². The molecule has 5 heteroatoms. The summed E-state index contributed by atoms with van der Waals surface area (Å²) >= 11 is 1.55. The van der Waals surface area contributed by atoms with Gasteiger partial charge >= 0.3 is 0 Å². The lowest BCUT2D eigenvalue weighted by Gasteiger charge is -2.15. The van der Waals surface area contributed by atoms with Crippen molar-refractivity contribution in [1.82, 2.24) is 5.43 Å². The number of nitrogens with zero attached hydrogens (tertiary/aromatic N) is 1. The summed E-state index contributed by atoms with van der Waals surface area (Å²) in [5.74, 6) is 6.92. The van der Waals surface area contributed by atoms with Crippen LogP contribution in [0.5, 0.6) is 5.75 Å². The van der Waals surface area contributed by atoms with Crippen LogP contribution in [0.2, 0.25) is 0 Å². The standard InChI is InChI=1S/C10H17N3OS/c1-10(2,3)12-9(13-11)8-7(14-4)5-6-15-8/h5-6H,11H2,1-4H3,(H,12,13). The van der Waals surface area contributed by atoms with Crippen LogP contribution in [0.3, 0.4) is 0 Å². The summed E-state index contributed by atoms with van der Waals surface area (Å²) < 4.78 is 5.22. The van der Waals surface area contributed by atoms with Crippen LogP contribution in [0.4, 0.5) is 0 Å². The summed E-state index contributed by atoms with van der Waals surface area (Å²) in [5, 5.41) is 1.95. The van der Waals surface area contributed by atoms with E-state index >= 15 is 0 Å². The third kappa shape index (κ3) is 3.21. The Morgan fingerprint density at radius 2 is 2.20 bits per heavy atom. The van der Waals surface area contributed by atoms with Crippen LogP contribution < -0.4 is 16.0 Å². The molecule has 1 rings (SSSR count). The number of methoxy groups -OCH3 is 1. The Labute approximate surface area is 94.1 Å². The molecule has 0 aliphatic rings. The van der Waals surface area contributed by atoms with Gasteiger partial charge in [0.15, 0.2) is 5.84 Å². The zero-order valence-corrected chi connectivity index (χ0v) is 10.3. The Balaban J connectivity index is 3.08. The van der Waals surface area contributed by atoms with Gasteiger partial charge in [-0.3, -0.25) is 4.99 Å². The molecule has 0 aliphatic carbocycles. The Morgan fingerprint density at radius 1 is 1.53 bits per heavy atom. The predicted molar refractivity (Wildman–Crippen MR) is 64.5 cm³/mol. The number of hydrogen-bond donors (Lipinski definition) is 2. The van der Waals surface area contributed by atoms with Gasteiger partial charge in [-0.05, 0) is 32.2 Å². The molecule has 0 aromatic carbocycles. The van der Waals surface area contributed by atoms with Crippen LogP contribution in [0.15, 0.2) is 16.4 Å². The van der Waals surface area contributed by atoms with E-state index in [-0.39, 0.29) is 5.54 Å². The fourth-order valence-corrected chi connectivity index (χ4v) is 1.93. The number of ether oxygens (including phenoxy) is 1. The van der Waals surface area contributed by atoms with Crippen molar-refractivity contribution in [2.24, 2.45) is 10.8 Å². The zero-order valence-electron chi connectivity index (χ0n) is 9.50. The first kappa shape index (κ1) is 12.0. The molecular weight excluding hydrogens is 210 g/mol. The largest absolute Gasteiger partial charge is 0.495 e. The Hall–Kier alpha value is -1.07. The summed E-state index contributed by atoms with van der Waals surface area (Å²) in [6.45, 7) is 6.05. The summed E-state index contributed by atoms with van der Waals surface area (Å²) in [5.41, 5.74) is 2.45. The summed E-state index contributed by atoms with van der Waals surface area (Å²) in [6.07, 6.45) is 0. The van der Waals surface area contributed by atoms with E-state index < -0.39 is 0 Å². The van der Waals surface area contributed by atoms with Gasteiger partial charge in [0.2, 0.25) is 0 Å². The van der Waals surface area contributed by atoms with Crippen LogP contribution in [0.1, 0.15) is 25.6 Å². The van der Waals surface area contributed by atoms with Crippen molar-refractivity contribution in [2.75, 3.05) is 7.11 Å². The highest BCUT2D eigenvalue weighted by Crippen LogP contribution is 2.25. The molecule has 0 radical (unpaired) electrons. The highest BCUT2D eigenvalue weighted by atomic mass is 32.1. The second kappa shape index (κ2) is 4.63. The highest BCUT2D eigenvalue weighted by Gasteiger charge is 2.15. The third-order valence-corrected chi connectivity index (χ3v) is 2.55. The SMILES string of the molecule is COc1ccsc1C(=NC(C)(C)C)NN. The number of hydrazine groups is 1. The number of amidine groups is 1. The molecule has 1 aromatic rings. The van der Waals surface area contributed by atoms with Gasteiger partial charge in [-0.1, -0.05) is 0 Å². The van der Waals surface area contributed by atoms with Crippen LogP contribution in [0.25, 0.3) is 0 Å². The predicted octanol–water partition coefficient (Wildman–Crippen LogP) is 1.77. The molecule has 0 bridgehead atoms. The maximum atomic E-state index is 5.47. The topological polar surface area (TPSA) is 59.6 Å². The summed E-state index contributed by atoms with van der Waals surface area (Å²) in [7, 11) is 1.64. The number of nitrogens with two attached hydrogens (primary N) is 1. The quantitative estimate of drug-likeness (QED) is 0.350. The molecular formula is C10H17N3OS. The second-order valence-corrected chi connectivity index (χ2v) is 5.01. The van der Waals surface area contributed by atoms with Gasteiger partial charge in [-0.2, -0.15) is 0 Å². The average molecular weight is 227 g/mol. The molecule has 3 N–H and O–H groups in total. The monoisotopic (exact) mass is 227 g/mol. The molecule has 0 atom stereocenters. The molecule has 0 unspecified atom stereocenters. The zero-order chi connectivity index (χ0) is 11.5. The van der Waals surface area contributed by atoms with Crippen molar-refractivity contribution in [3.63, 3.8) is 0 Å². The van der Waals surface area contributed by atoms with E-state index in [4.69, 9.17) is 10.6 Å². The fraction of sp³-hybridized carbons (Fsp3) is 0.500. The maximum absolute atomic E-state index is 5.47. The minimum absolute atomic E-state index is 0.170. The molecule has 0 saturated carbocycles. The smallest absolute Gasteiger partial charge is 0.157 e. The molecule has 0 spiro atoms. The Bertz CT molecular complexity index is 352. The normalized spacial score (nSPS) is 12.7. The van der Waals surface area contributed by atoms with Gasteiger partial charge < -0.3 is 10.2 Å². The van der Waals surface area contributed by atoms with Crippen LogP contribution >= 0.6 is 11.3 Å². The van der Waals surface area contributed by atoms with Crippen molar-refractivity contribution in [1.29, 1.82) is 0 Å². The van der Waals surface area contributed by atoms with Crippen LogP contribution in [0, 0.1) is 0 Å². The molecule has 0 fully saturated rings. The lowest BCUT2D eigenvalue weighted by atomic mass is 10.1. The molecule has 0 amide bonds. The number of nitrogens with one attached hydrogen (secondary N) is 1. The van der Waals surface area contributed by atoms with Crippen molar-refractivity contribution < 1.29 is 4.74 Å². The highest BCUT2D eigenvalue weighted by molar-refractivity contribution is 7.12.